The van der Waals surface area contributed by atoms with Gasteiger partial charge in [0.15, 0.2) is 0 Å². The first-order valence-electron chi connectivity index (χ1n) is 2.05. The molecule has 1 rings (SSSR count). The number of hydrogen-bond donors (Lipinski definition) is 0. The van der Waals surface area contributed by atoms with E-state index in [0.717, 1.165) is 0 Å². The lowest BCUT2D eigenvalue weighted by Crippen LogP contribution is -2.33. The quantitative estimate of drug-likeness (QED) is 0.398. The molecule has 0 aromatic rings. The third kappa shape index (κ3) is 0.962. The summed E-state index contributed by atoms with van der Waals surface area (Å²) in [6.07, 6.45) is -4.74. The first kappa shape index (κ1) is 7.39. The van der Waals surface area contributed by atoms with Crippen LogP contribution in [0.15, 0.2) is 20.7 Å². The van der Waals surface area contributed by atoms with Gasteiger partial charge in [-0.2, -0.15) is 13.2 Å². The van der Waals surface area contributed by atoms with Gasteiger partial charge in [0.05, 0.1) is 0 Å². The third-order valence-electron chi connectivity index (χ3n) is 0.755. The van der Waals surface area contributed by atoms with Gasteiger partial charge in [0.2, 0.25) is 0 Å². The molecule has 56 valence electrons. The lowest BCUT2D eigenvalue weighted by Gasteiger charge is -2.13. The Labute approximate surface area is 57.8 Å². The van der Waals surface area contributed by atoms with Crippen LogP contribution in [0, 0.1) is 0 Å². The van der Waals surface area contributed by atoms with Gasteiger partial charge in [0, 0.05) is 0 Å². The summed E-state index contributed by atoms with van der Waals surface area (Å²) in [5.41, 5.74) is 0. The second kappa shape index (κ2) is 1.88. The van der Waals surface area contributed by atoms with Gasteiger partial charge in [-0.3, -0.25) is 0 Å². The van der Waals surface area contributed by atoms with E-state index in [1.54, 1.807) is 0 Å². The molecule has 0 N–H and O–H groups in total. The molecule has 1 aliphatic heterocycles. The van der Waals surface area contributed by atoms with Crippen LogP contribution < -0.4 is 0 Å². The number of alkyl halides is 4. The molecule has 0 amide bonds. The molecular formula is C2ClF3N4. The molecule has 0 radical (unpaired) electrons. The van der Waals surface area contributed by atoms with Crippen LogP contribution in [0.25, 0.3) is 0 Å². The van der Waals surface area contributed by atoms with Crippen molar-refractivity contribution in [1.82, 2.24) is 0 Å². The van der Waals surface area contributed by atoms with Crippen LogP contribution in [0.3, 0.4) is 0 Å². The van der Waals surface area contributed by atoms with Crippen molar-refractivity contribution in [2.75, 3.05) is 0 Å². The van der Waals surface area contributed by atoms with Crippen LogP contribution in [0.4, 0.5) is 13.2 Å². The molecule has 0 spiro atoms. The monoisotopic (exact) mass is 172 g/mol. The minimum Gasteiger partial charge on any atom is -0.165 e. The SMILES string of the molecule is FC(F)(F)C1(Cl)N=NN=N1. The molecule has 0 aromatic heterocycles. The zero-order valence-corrected chi connectivity index (χ0v) is 5.06. The Morgan fingerprint density at radius 1 is 1.10 bits per heavy atom. The van der Waals surface area contributed by atoms with Crippen molar-refractivity contribution >= 4 is 11.6 Å². The summed E-state index contributed by atoms with van der Waals surface area (Å²) in [4.78, 5) is 0. The first-order valence-corrected chi connectivity index (χ1v) is 2.43. The summed E-state index contributed by atoms with van der Waals surface area (Å²) in [7, 11) is 0. The fraction of sp³-hybridized carbons (Fsp3) is 1.00. The number of hydrogen-bond acceptors (Lipinski definition) is 4. The van der Waals surface area contributed by atoms with E-state index in [9.17, 15) is 13.2 Å². The van der Waals surface area contributed by atoms with E-state index in [-0.39, 0.29) is 0 Å². The fourth-order valence-corrected chi connectivity index (χ4v) is 0.360. The summed E-state index contributed by atoms with van der Waals surface area (Å²) in [6, 6.07) is 0. The van der Waals surface area contributed by atoms with Gasteiger partial charge in [-0.25, -0.2) is 0 Å². The summed E-state index contributed by atoms with van der Waals surface area (Å²) in [6.45, 7) is 0. The topological polar surface area (TPSA) is 49.4 Å². The van der Waals surface area contributed by atoms with Gasteiger partial charge in [0.1, 0.15) is 0 Å². The van der Waals surface area contributed by atoms with E-state index < -0.39 is 11.3 Å². The molecule has 0 aliphatic carbocycles. The minimum absolute atomic E-state index is 2.57. The first-order chi connectivity index (χ1) is 4.46. The van der Waals surface area contributed by atoms with Gasteiger partial charge in [-0.1, -0.05) is 11.6 Å². The molecule has 0 bridgehead atoms. The molecule has 0 fully saturated rings. The van der Waals surface area contributed by atoms with Crippen molar-refractivity contribution in [3.05, 3.63) is 0 Å². The zero-order chi connectivity index (χ0) is 7.83. The molecular weight excluding hydrogens is 172 g/mol. The average Bonchev–Trinajstić information content (AvgIpc) is 2.13. The van der Waals surface area contributed by atoms with Gasteiger partial charge in [0.25, 0.3) is 0 Å². The van der Waals surface area contributed by atoms with Crippen molar-refractivity contribution in [2.24, 2.45) is 20.7 Å². The molecule has 0 saturated heterocycles. The van der Waals surface area contributed by atoms with Crippen LogP contribution in [-0.2, 0) is 0 Å². The Hall–Kier alpha value is -0.720. The summed E-state index contributed by atoms with van der Waals surface area (Å²) in [5.74, 6) is 0. The molecule has 0 saturated carbocycles. The maximum Gasteiger partial charge on any atom is 0.453 e. The Kier molecular flexibility index (Phi) is 1.39. The average molecular weight is 172 g/mol. The molecule has 0 unspecified atom stereocenters. The largest absolute Gasteiger partial charge is 0.453 e. The lowest BCUT2D eigenvalue weighted by atomic mass is 10.5. The highest BCUT2D eigenvalue weighted by molar-refractivity contribution is 6.24. The highest BCUT2D eigenvalue weighted by Crippen LogP contribution is 2.41. The predicted molar refractivity (Wildman–Crippen MR) is 24.4 cm³/mol. The normalized spacial score (nSPS) is 22.0. The van der Waals surface area contributed by atoms with E-state index in [1.165, 1.54) is 0 Å². The number of nitrogens with zero attached hydrogens (tertiary/aromatic N) is 4. The van der Waals surface area contributed by atoms with Crippen molar-refractivity contribution < 1.29 is 13.2 Å². The van der Waals surface area contributed by atoms with Crippen molar-refractivity contribution in [3.8, 4) is 0 Å². The summed E-state index contributed by atoms with van der Waals surface area (Å²) >= 11 is 4.80. The smallest absolute Gasteiger partial charge is 0.165 e. The second-order valence-corrected chi connectivity index (χ2v) is 1.99. The zero-order valence-electron chi connectivity index (χ0n) is 4.30. The molecule has 0 atom stereocenters. The molecule has 8 heteroatoms. The van der Waals surface area contributed by atoms with Crippen LogP contribution in [0.2, 0.25) is 0 Å². The maximum absolute atomic E-state index is 11.7. The lowest BCUT2D eigenvalue weighted by molar-refractivity contribution is -0.158. The molecule has 10 heavy (non-hydrogen) atoms. The van der Waals surface area contributed by atoms with E-state index in [4.69, 9.17) is 11.6 Å². The van der Waals surface area contributed by atoms with E-state index >= 15 is 0 Å². The van der Waals surface area contributed by atoms with E-state index in [1.807, 2.05) is 0 Å². The van der Waals surface area contributed by atoms with Crippen molar-refractivity contribution in [1.29, 1.82) is 0 Å². The maximum atomic E-state index is 11.7. The Morgan fingerprint density at radius 2 is 1.50 bits per heavy atom. The fourth-order valence-electron chi connectivity index (χ4n) is 0.292. The van der Waals surface area contributed by atoms with E-state index in [2.05, 4.69) is 20.7 Å². The van der Waals surface area contributed by atoms with Crippen molar-refractivity contribution in [3.63, 3.8) is 0 Å². The van der Waals surface area contributed by atoms with Gasteiger partial charge >= 0.3 is 11.3 Å². The summed E-state index contributed by atoms with van der Waals surface area (Å²) < 4.78 is 35.1. The molecule has 0 aromatic carbocycles. The van der Waals surface area contributed by atoms with Gasteiger partial charge in [-0.05, 0) is 10.4 Å². The number of rotatable bonds is 0. The van der Waals surface area contributed by atoms with Gasteiger partial charge < -0.3 is 0 Å². The highest BCUT2D eigenvalue weighted by atomic mass is 35.5. The third-order valence-corrected chi connectivity index (χ3v) is 1.12. The van der Waals surface area contributed by atoms with Crippen LogP contribution >= 0.6 is 11.6 Å². The molecule has 4 nitrogen and oxygen atoms in total. The minimum atomic E-state index is -4.74. The molecule has 1 aliphatic rings. The second-order valence-electron chi connectivity index (χ2n) is 1.46. The Balaban J connectivity index is 2.90. The Morgan fingerprint density at radius 3 is 1.70 bits per heavy atom. The van der Waals surface area contributed by atoms with E-state index in [0.29, 0.717) is 0 Å². The Bertz CT molecular complexity index is 183. The number of halogens is 4. The molecule has 1 heterocycles. The predicted octanol–water partition coefficient (Wildman–Crippen LogP) is 2.27. The van der Waals surface area contributed by atoms with Crippen LogP contribution in [0.5, 0.6) is 0 Å². The highest BCUT2D eigenvalue weighted by Gasteiger charge is 2.57. The van der Waals surface area contributed by atoms with Crippen LogP contribution in [0.1, 0.15) is 0 Å². The van der Waals surface area contributed by atoms with Crippen molar-refractivity contribution in [2.45, 2.75) is 11.3 Å². The van der Waals surface area contributed by atoms with Crippen LogP contribution in [-0.4, -0.2) is 11.3 Å². The standard InChI is InChI=1S/C2ClF3N4/c3-1(2(4,5)6)7-9-10-8-1. The summed E-state index contributed by atoms with van der Waals surface area (Å²) in [5, 5.41) is 7.43. The van der Waals surface area contributed by atoms with Gasteiger partial charge in [-0.15, -0.1) is 10.2 Å².